The van der Waals surface area contributed by atoms with E-state index in [0.29, 0.717) is 14.7 Å². The van der Waals surface area contributed by atoms with Crippen molar-refractivity contribution in [3.8, 4) is 5.75 Å². The van der Waals surface area contributed by atoms with Crippen molar-refractivity contribution in [2.75, 3.05) is 0 Å². The summed E-state index contributed by atoms with van der Waals surface area (Å²) in [6, 6.07) is 11.6. The van der Waals surface area contributed by atoms with Crippen LogP contribution in [0.2, 0.25) is 0 Å². The summed E-state index contributed by atoms with van der Waals surface area (Å²) >= 11 is 1.78. The summed E-state index contributed by atoms with van der Waals surface area (Å²) in [5.74, 6) is -0.875. The molecule has 0 bridgehead atoms. The summed E-state index contributed by atoms with van der Waals surface area (Å²) in [6.07, 6.45) is 1.38. The van der Waals surface area contributed by atoms with E-state index in [-0.39, 0.29) is 11.6 Å². The number of nitro groups is 1. The Bertz CT molecular complexity index is 906. The third-order valence-electron chi connectivity index (χ3n) is 3.21. The molecule has 2 aromatic rings. The number of halogens is 1. The molecule has 0 fully saturated rings. The zero-order chi connectivity index (χ0) is 17.3. The van der Waals surface area contributed by atoms with Crippen molar-refractivity contribution in [2.45, 2.75) is 0 Å². The Hall–Kier alpha value is -2.75. The maximum absolute atomic E-state index is 11.9. The lowest BCUT2D eigenvalue weighted by Gasteiger charge is -2.01. The van der Waals surface area contributed by atoms with E-state index in [1.54, 1.807) is 46.9 Å². The second kappa shape index (κ2) is 6.40. The molecule has 0 aliphatic carbocycles. The Labute approximate surface area is 149 Å². The van der Waals surface area contributed by atoms with Crippen LogP contribution in [-0.4, -0.2) is 21.9 Å². The summed E-state index contributed by atoms with van der Waals surface area (Å²) in [6.45, 7) is 0. The Balaban J connectivity index is 2.01. The van der Waals surface area contributed by atoms with Crippen molar-refractivity contribution in [3.63, 3.8) is 0 Å². The van der Waals surface area contributed by atoms with E-state index < -0.39 is 22.3 Å². The number of aromatic hydroxyl groups is 1. The van der Waals surface area contributed by atoms with Gasteiger partial charge in [0.25, 0.3) is 0 Å². The van der Waals surface area contributed by atoms with E-state index in [1.165, 1.54) is 18.2 Å². The van der Waals surface area contributed by atoms with Gasteiger partial charge in [0, 0.05) is 11.6 Å². The van der Waals surface area contributed by atoms with Crippen molar-refractivity contribution in [3.05, 3.63) is 73.0 Å². The highest BCUT2D eigenvalue weighted by molar-refractivity contribution is 14.1. The van der Waals surface area contributed by atoms with Gasteiger partial charge < -0.3 is 9.84 Å². The Kier molecular flexibility index (Phi) is 4.30. The first kappa shape index (κ1) is 16.1. The number of hydrogen-bond acceptors (Lipinski definition) is 6. The van der Waals surface area contributed by atoms with Crippen LogP contribution in [0.3, 0.4) is 0 Å². The van der Waals surface area contributed by atoms with E-state index in [0.717, 1.165) is 0 Å². The highest BCUT2D eigenvalue weighted by Crippen LogP contribution is 2.33. The maximum atomic E-state index is 11.9. The number of carbonyl (C=O) groups is 1. The molecular weight excluding hydrogens is 427 g/mol. The number of aliphatic imine (C=N–C) groups is 1. The van der Waals surface area contributed by atoms with Gasteiger partial charge in [-0.15, -0.1) is 0 Å². The number of nitrogens with zero attached hydrogens (tertiary/aromatic N) is 2. The van der Waals surface area contributed by atoms with Crippen molar-refractivity contribution in [2.24, 2.45) is 4.99 Å². The molecule has 0 spiro atoms. The van der Waals surface area contributed by atoms with Gasteiger partial charge in [0.1, 0.15) is 0 Å². The van der Waals surface area contributed by atoms with Gasteiger partial charge in [-0.2, -0.15) is 0 Å². The van der Waals surface area contributed by atoms with Gasteiger partial charge >= 0.3 is 11.7 Å². The fourth-order valence-corrected chi connectivity index (χ4v) is 2.73. The fourth-order valence-electron chi connectivity index (χ4n) is 2.10. The first-order valence-electron chi connectivity index (χ1n) is 6.70. The van der Waals surface area contributed by atoms with Gasteiger partial charge in [0.15, 0.2) is 5.70 Å². The molecule has 0 unspecified atom stereocenters. The van der Waals surface area contributed by atoms with Gasteiger partial charge in [-0.25, -0.2) is 9.79 Å². The molecule has 0 aromatic heterocycles. The molecule has 2 aromatic carbocycles. The molecule has 8 heteroatoms. The smallest absolute Gasteiger partial charge is 0.363 e. The number of carbonyl (C=O) groups excluding carboxylic acids is 1. The summed E-state index contributed by atoms with van der Waals surface area (Å²) < 4.78 is 5.42. The van der Waals surface area contributed by atoms with E-state index in [2.05, 4.69) is 4.99 Å². The number of ether oxygens (including phenoxy) is 1. The van der Waals surface area contributed by atoms with Gasteiger partial charge in [-0.1, -0.05) is 18.2 Å². The third kappa shape index (κ3) is 3.13. The maximum Gasteiger partial charge on any atom is 0.363 e. The lowest BCUT2D eigenvalue weighted by Crippen LogP contribution is -2.04. The van der Waals surface area contributed by atoms with Crippen molar-refractivity contribution < 1.29 is 19.6 Å². The van der Waals surface area contributed by atoms with Crippen LogP contribution in [0.15, 0.2) is 53.2 Å². The van der Waals surface area contributed by atoms with Crippen LogP contribution in [-0.2, 0) is 9.53 Å². The molecule has 7 nitrogen and oxygen atoms in total. The Morgan fingerprint density at radius 3 is 2.62 bits per heavy atom. The summed E-state index contributed by atoms with van der Waals surface area (Å²) in [5.41, 5.74) is 0.617. The molecule has 0 amide bonds. The molecule has 1 aliphatic rings. The fraction of sp³-hybridized carbons (Fsp3) is 0. The lowest BCUT2D eigenvalue weighted by molar-refractivity contribution is -0.386. The first-order chi connectivity index (χ1) is 11.5. The van der Waals surface area contributed by atoms with Gasteiger partial charge in [-0.3, -0.25) is 10.1 Å². The van der Waals surface area contributed by atoms with Crippen molar-refractivity contribution in [1.82, 2.24) is 0 Å². The third-order valence-corrected chi connectivity index (χ3v) is 4.03. The summed E-state index contributed by atoms with van der Waals surface area (Å²) in [4.78, 5) is 26.4. The molecule has 1 heterocycles. The van der Waals surface area contributed by atoms with Crippen LogP contribution in [0.5, 0.6) is 5.75 Å². The largest absolute Gasteiger partial charge is 0.501 e. The monoisotopic (exact) mass is 436 g/mol. The molecule has 120 valence electrons. The number of esters is 1. The molecule has 24 heavy (non-hydrogen) atoms. The second-order valence-electron chi connectivity index (χ2n) is 4.83. The summed E-state index contributed by atoms with van der Waals surface area (Å²) in [5, 5.41) is 20.7. The summed E-state index contributed by atoms with van der Waals surface area (Å²) in [7, 11) is 0. The molecule has 0 atom stereocenters. The van der Waals surface area contributed by atoms with E-state index in [9.17, 15) is 20.0 Å². The first-order valence-corrected chi connectivity index (χ1v) is 7.78. The molecule has 0 saturated carbocycles. The Morgan fingerprint density at radius 2 is 1.96 bits per heavy atom. The molecule has 1 aliphatic heterocycles. The number of phenolic OH excluding ortho intramolecular Hbond substituents is 1. The minimum atomic E-state index is -0.689. The lowest BCUT2D eigenvalue weighted by atomic mass is 10.1. The van der Waals surface area contributed by atoms with Gasteiger partial charge in [-0.05, 0) is 52.4 Å². The highest BCUT2D eigenvalue weighted by atomic mass is 127. The molecule has 1 N–H and O–H groups in total. The number of cyclic esters (lactones) is 1. The van der Waals surface area contributed by atoms with Crippen LogP contribution in [0, 0.1) is 13.7 Å². The van der Waals surface area contributed by atoms with E-state index in [1.807, 2.05) is 6.07 Å². The standard InChI is InChI=1S/C16H9IN2O5/c17-11-6-9(8-13(14(11)20)19(22)23)7-12-16(21)24-15(18-12)10-4-2-1-3-5-10/h1-8,20H/b12-7-. The van der Waals surface area contributed by atoms with E-state index in [4.69, 9.17) is 4.74 Å². The predicted octanol–water partition coefficient (Wildman–Crippen LogP) is 3.25. The zero-order valence-corrected chi connectivity index (χ0v) is 14.1. The van der Waals surface area contributed by atoms with Crippen LogP contribution < -0.4 is 0 Å². The second-order valence-corrected chi connectivity index (χ2v) is 5.99. The topological polar surface area (TPSA) is 102 Å². The van der Waals surface area contributed by atoms with Crippen LogP contribution >= 0.6 is 22.6 Å². The normalized spacial score (nSPS) is 15.3. The van der Waals surface area contributed by atoms with Crippen molar-refractivity contribution >= 4 is 46.2 Å². The SMILES string of the molecule is O=C1OC(c2ccccc2)=N/C1=C\c1cc(I)c(O)c([N+](=O)[O-])c1. The quantitative estimate of drug-likeness (QED) is 0.262. The minimum Gasteiger partial charge on any atom is -0.501 e. The molecular formula is C16H9IN2O5. The van der Waals surface area contributed by atoms with Gasteiger partial charge in [0.2, 0.25) is 11.6 Å². The number of hydrogen-bond donors (Lipinski definition) is 1. The Morgan fingerprint density at radius 1 is 1.25 bits per heavy atom. The highest BCUT2D eigenvalue weighted by Gasteiger charge is 2.25. The average molecular weight is 436 g/mol. The average Bonchev–Trinajstić information content (AvgIpc) is 2.92. The number of nitro benzene ring substituents is 1. The van der Waals surface area contributed by atoms with Gasteiger partial charge in [0.05, 0.1) is 8.49 Å². The number of rotatable bonds is 3. The van der Waals surface area contributed by atoms with Crippen LogP contribution in [0.25, 0.3) is 6.08 Å². The predicted molar refractivity (Wildman–Crippen MR) is 94.5 cm³/mol. The molecule has 3 rings (SSSR count). The molecule has 0 saturated heterocycles. The van der Waals surface area contributed by atoms with Crippen LogP contribution in [0.1, 0.15) is 11.1 Å². The number of phenols is 1. The van der Waals surface area contributed by atoms with Crippen molar-refractivity contribution in [1.29, 1.82) is 0 Å². The minimum absolute atomic E-state index is 0.0321. The van der Waals surface area contributed by atoms with E-state index >= 15 is 0 Å². The number of benzene rings is 2. The molecule has 0 radical (unpaired) electrons. The zero-order valence-electron chi connectivity index (χ0n) is 12.0. The van der Waals surface area contributed by atoms with Crippen LogP contribution in [0.4, 0.5) is 5.69 Å².